The van der Waals surface area contributed by atoms with Gasteiger partial charge >= 0.3 is 5.97 Å². The van der Waals surface area contributed by atoms with Gasteiger partial charge in [0.1, 0.15) is 0 Å². The average Bonchev–Trinajstić information content (AvgIpc) is 2.97. The van der Waals surface area contributed by atoms with Crippen molar-refractivity contribution in [2.45, 2.75) is 57.5 Å². The van der Waals surface area contributed by atoms with Gasteiger partial charge in [0, 0.05) is 12.5 Å². The van der Waals surface area contributed by atoms with E-state index in [9.17, 15) is 9.59 Å². The highest BCUT2D eigenvalue weighted by Crippen LogP contribution is 2.49. The topological polar surface area (TPSA) is 92.4 Å². The fraction of sp³-hybridized carbons (Fsp3) is 0.857. The zero-order chi connectivity index (χ0) is 14.0. The number of carbonyl (C=O) groups excluding carboxylic acids is 1. The van der Waals surface area contributed by atoms with Crippen molar-refractivity contribution >= 4 is 11.9 Å². The molecule has 2 aliphatic carbocycles. The molecule has 0 aromatic carbocycles. The molecule has 2 fully saturated rings. The normalized spacial score (nSPS) is 32.0. The highest BCUT2D eigenvalue weighted by Gasteiger charge is 2.42. The lowest BCUT2D eigenvalue weighted by molar-refractivity contribution is -0.137. The fourth-order valence-electron chi connectivity index (χ4n) is 3.75. The number of aliphatic carboxylic acids is 1. The molecule has 5 unspecified atom stereocenters. The van der Waals surface area contributed by atoms with Crippen LogP contribution in [0.2, 0.25) is 0 Å². The third-order valence-corrected chi connectivity index (χ3v) is 4.81. The molecule has 0 radical (unpaired) electrons. The third kappa shape index (κ3) is 3.47. The number of nitrogens with one attached hydrogen (secondary N) is 1. The first-order chi connectivity index (χ1) is 8.97. The summed E-state index contributed by atoms with van der Waals surface area (Å²) < 4.78 is 0. The summed E-state index contributed by atoms with van der Waals surface area (Å²) in [5.41, 5.74) is 5.71. The van der Waals surface area contributed by atoms with Gasteiger partial charge < -0.3 is 16.2 Å². The number of fused-ring (bicyclic) bond motifs is 2. The van der Waals surface area contributed by atoms with Crippen molar-refractivity contribution in [3.63, 3.8) is 0 Å². The standard InChI is InChI=1S/C14H24N2O3/c1-8(11-7-9-2-3-10(11)6-9)16-14(19)12(15)4-5-13(17)18/h8-12H,2-7,15H2,1H3,(H,16,19)(H,17,18). The van der Waals surface area contributed by atoms with Crippen molar-refractivity contribution in [3.05, 3.63) is 0 Å². The predicted molar refractivity (Wildman–Crippen MR) is 71.4 cm³/mol. The van der Waals surface area contributed by atoms with E-state index in [1.54, 1.807) is 0 Å². The molecule has 108 valence electrons. The molecule has 2 aliphatic rings. The summed E-state index contributed by atoms with van der Waals surface area (Å²) in [4.78, 5) is 22.4. The highest BCUT2D eigenvalue weighted by atomic mass is 16.4. The van der Waals surface area contributed by atoms with Gasteiger partial charge in [0.15, 0.2) is 0 Å². The second-order valence-corrected chi connectivity index (χ2v) is 6.17. The monoisotopic (exact) mass is 268 g/mol. The third-order valence-electron chi connectivity index (χ3n) is 4.81. The first-order valence-electron chi connectivity index (χ1n) is 7.25. The van der Waals surface area contributed by atoms with Crippen molar-refractivity contribution in [2.75, 3.05) is 0 Å². The number of hydrogen-bond donors (Lipinski definition) is 3. The molecule has 2 bridgehead atoms. The van der Waals surface area contributed by atoms with Gasteiger partial charge in [0.25, 0.3) is 0 Å². The van der Waals surface area contributed by atoms with Gasteiger partial charge in [-0.2, -0.15) is 0 Å². The number of nitrogens with two attached hydrogens (primary N) is 1. The zero-order valence-corrected chi connectivity index (χ0v) is 11.5. The maximum atomic E-state index is 11.9. The van der Waals surface area contributed by atoms with Crippen LogP contribution >= 0.6 is 0 Å². The summed E-state index contributed by atoms with van der Waals surface area (Å²) in [6, 6.07) is -0.559. The summed E-state index contributed by atoms with van der Waals surface area (Å²) in [5, 5.41) is 11.6. The Balaban J connectivity index is 1.76. The van der Waals surface area contributed by atoms with E-state index in [0.717, 1.165) is 11.8 Å². The van der Waals surface area contributed by atoms with Crippen molar-refractivity contribution in [1.82, 2.24) is 5.32 Å². The lowest BCUT2D eigenvalue weighted by Gasteiger charge is -2.29. The second-order valence-electron chi connectivity index (χ2n) is 6.17. The Hall–Kier alpha value is -1.10. The minimum Gasteiger partial charge on any atom is -0.481 e. The lowest BCUT2D eigenvalue weighted by atomic mass is 9.84. The molecule has 2 saturated carbocycles. The van der Waals surface area contributed by atoms with Crippen LogP contribution in [0.4, 0.5) is 0 Å². The Morgan fingerprint density at radius 2 is 2.11 bits per heavy atom. The van der Waals surface area contributed by atoms with Crippen LogP contribution in [0.15, 0.2) is 0 Å². The van der Waals surface area contributed by atoms with E-state index in [4.69, 9.17) is 10.8 Å². The number of amides is 1. The number of carboxylic acids is 1. The molecule has 0 heterocycles. The maximum Gasteiger partial charge on any atom is 0.303 e. The van der Waals surface area contributed by atoms with Crippen LogP contribution in [0.1, 0.15) is 45.4 Å². The molecule has 0 aromatic heterocycles. The number of carboxylic acid groups (broad SMARTS) is 1. The minimum absolute atomic E-state index is 0.0584. The molecule has 0 saturated heterocycles. The first kappa shape index (κ1) is 14.3. The maximum absolute atomic E-state index is 11.9. The van der Waals surface area contributed by atoms with Crippen LogP contribution in [0, 0.1) is 17.8 Å². The van der Waals surface area contributed by atoms with Crippen LogP contribution in [0.25, 0.3) is 0 Å². The molecule has 19 heavy (non-hydrogen) atoms. The highest BCUT2D eigenvalue weighted by molar-refractivity contribution is 5.82. The quantitative estimate of drug-likeness (QED) is 0.673. The SMILES string of the molecule is CC(NC(=O)C(N)CCC(=O)O)C1CC2CCC1C2. The minimum atomic E-state index is -0.913. The smallest absolute Gasteiger partial charge is 0.303 e. The summed E-state index contributed by atoms with van der Waals surface area (Å²) >= 11 is 0. The van der Waals surface area contributed by atoms with Gasteiger partial charge in [-0.25, -0.2) is 0 Å². The molecule has 5 nitrogen and oxygen atoms in total. The largest absolute Gasteiger partial charge is 0.481 e. The van der Waals surface area contributed by atoms with Crippen molar-refractivity contribution in [2.24, 2.45) is 23.5 Å². The van der Waals surface area contributed by atoms with Gasteiger partial charge in [-0.05, 0) is 50.4 Å². The Bertz CT molecular complexity index is 359. The Morgan fingerprint density at radius 3 is 2.63 bits per heavy atom. The molecule has 1 amide bonds. The average molecular weight is 268 g/mol. The summed E-state index contributed by atoms with van der Waals surface area (Å²) in [6.07, 6.45) is 5.31. The van der Waals surface area contributed by atoms with E-state index in [2.05, 4.69) is 5.32 Å². The van der Waals surface area contributed by atoms with E-state index >= 15 is 0 Å². The van der Waals surface area contributed by atoms with Crippen molar-refractivity contribution in [1.29, 1.82) is 0 Å². The van der Waals surface area contributed by atoms with Crippen molar-refractivity contribution in [3.8, 4) is 0 Å². The molecular formula is C14H24N2O3. The van der Waals surface area contributed by atoms with Crippen LogP contribution in [-0.4, -0.2) is 29.1 Å². The molecule has 0 spiro atoms. The van der Waals surface area contributed by atoms with E-state index in [0.29, 0.717) is 5.92 Å². The van der Waals surface area contributed by atoms with Gasteiger partial charge in [0.2, 0.25) is 5.91 Å². The van der Waals surface area contributed by atoms with E-state index < -0.39 is 12.0 Å². The van der Waals surface area contributed by atoms with Crippen LogP contribution in [-0.2, 0) is 9.59 Å². The Labute approximate surface area is 113 Å². The number of carbonyl (C=O) groups is 2. The molecule has 5 atom stereocenters. The van der Waals surface area contributed by atoms with Gasteiger partial charge in [-0.3, -0.25) is 9.59 Å². The Morgan fingerprint density at radius 1 is 1.37 bits per heavy atom. The zero-order valence-electron chi connectivity index (χ0n) is 11.5. The fourth-order valence-corrected chi connectivity index (χ4v) is 3.75. The second kappa shape index (κ2) is 5.90. The summed E-state index contributed by atoms with van der Waals surface area (Å²) in [7, 11) is 0. The van der Waals surface area contributed by atoms with Gasteiger partial charge in [-0.15, -0.1) is 0 Å². The van der Waals surface area contributed by atoms with Gasteiger partial charge in [0.05, 0.1) is 6.04 Å². The first-order valence-corrected chi connectivity index (χ1v) is 7.25. The molecule has 2 rings (SSSR count). The number of hydrogen-bond acceptors (Lipinski definition) is 3. The lowest BCUT2D eigenvalue weighted by Crippen LogP contribution is -2.47. The molecule has 0 aliphatic heterocycles. The van der Waals surface area contributed by atoms with E-state index in [1.165, 1.54) is 25.7 Å². The van der Waals surface area contributed by atoms with E-state index in [1.807, 2.05) is 6.92 Å². The molecule has 5 heteroatoms. The van der Waals surface area contributed by atoms with Crippen molar-refractivity contribution < 1.29 is 14.7 Å². The summed E-state index contributed by atoms with van der Waals surface area (Å²) in [6.45, 7) is 2.05. The number of rotatable bonds is 6. The van der Waals surface area contributed by atoms with Crippen LogP contribution in [0.3, 0.4) is 0 Å². The summed E-state index contributed by atoms with van der Waals surface area (Å²) in [5.74, 6) is 1.07. The molecule has 4 N–H and O–H groups in total. The molecular weight excluding hydrogens is 244 g/mol. The predicted octanol–water partition coefficient (Wildman–Crippen LogP) is 1.12. The van der Waals surface area contributed by atoms with E-state index in [-0.39, 0.29) is 24.8 Å². The van der Waals surface area contributed by atoms with Gasteiger partial charge in [-0.1, -0.05) is 6.42 Å². The van der Waals surface area contributed by atoms with Crippen LogP contribution in [0.5, 0.6) is 0 Å². The van der Waals surface area contributed by atoms with Crippen LogP contribution < -0.4 is 11.1 Å². The Kier molecular flexibility index (Phi) is 4.45. The molecule has 0 aromatic rings.